The fourth-order valence-corrected chi connectivity index (χ4v) is 3.09. The Morgan fingerprint density at radius 3 is 2.33 bits per heavy atom. The van der Waals surface area contributed by atoms with E-state index in [9.17, 15) is 4.79 Å². The highest BCUT2D eigenvalue weighted by molar-refractivity contribution is 7.81. The van der Waals surface area contributed by atoms with Crippen molar-refractivity contribution >= 4 is 18.7 Å². The summed E-state index contributed by atoms with van der Waals surface area (Å²) in [5.41, 5.74) is -0.434. The summed E-state index contributed by atoms with van der Waals surface area (Å²) in [6, 6.07) is 0. The van der Waals surface area contributed by atoms with Crippen molar-refractivity contribution in [2.75, 3.05) is 0 Å². The molecule has 0 aromatic rings. The molecule has 2 unspecified atom stereocenters. The number of thiol groups is 1. The molecule has 108 valence electrons. The average Bonchev–Trinajstić information content (AvgIpc) is 2.11. The van der Waals surface area contributed by atoms with E-state index in [2.05, 4.69) is 26.1 Å². The molecule has 3 nitrogen and oxygen atoms in total. The van der Waals surface area contributed by atoms with Crippen molar-refractivity contribution in [3.63, 3.8) is 0 Å². The van der Waals surface area contributed by atoms with Gasteiger partial charge in [0.25, 0.3) is 0 Å². The summed E-state index contributed by atoms with van der Waals surface area (Å²) in [5.74, 6) is 0.719. The molecule has 0 radical (unpaired) electrons. The highest BCUT2D eigenvalue weighted by atomic mass is 32.1. The molecule has 0 spiro atoms. The predicted molar refractivity (Wildman–Crippen MR) is 80.6 cm³/mol. The first-order valence-electron chi connectivity index (χ1n) is 6.81. The second kappa shape index (κ2) is 7.27. The summed E-state index contributed by atoms with van der Waals surface area (Å²) in [7, 11) is 0. The van der Waals surface area contributed by atoms with Gasteiger partial charge in [0.2, 0.25) is 0 Å². The van der Waals surface area contributed by atoms with Gasteiger partial charge in [0.1, 0.15) is 0 Å². The lowest BCUT2D eigenvalue weighted by Crippen LogP contribution is -2.46. The third kappa shape index (κ3) is 8.67. The second-order valence-corrected chi connectivity index (χ2v) is 7.50. The minimum absolute atomic E-state index is 0.131. The highest BCUT2D eigenvalue weighted by Crippen LogP contribution is 2.32. The molecule has 0 bridgehead atoms. The number of hydrogen-bond donors (Lipinski definition) is 3. The van der Waals surface area contributed by atoms with Gasteiger partial charge in [0.15, 0.2) is 0 Å². The molecule has 2 N–H and O–H groups in total. The maximum Gasteiger partial charge on any atom is 0.405 e. The molecule has 18 heavy (non-hydrogen) atoms. The zero-order valence-corrected chi connectivity index (χ0v) is 13.3. The average molecular weight is 275 g/mol. The van der Waals surface area contributed by atoms with Gasteiger partial charge in [0.05, 0.1) is 0 Å². The zero-order chi connectivity index (χ0) is 14.4. The Hall–Kier alpha value is -0.380. The lowest BCUT2D eigenvalue weighted by atomic mass is 9.85. The van der Waals surface area contributed by atoms with Crippen LogP contribution in [0.5, 0.6) is 0 Å². The molecular formula is C14H29NO2S. The minimum atomic E-state index is -0.969. The third-order valence-corrected chi connectivity index (χ3v) is 3.61. The van der Waals surface area contributed by atoms with Gasteiger partial charge in [-0.2, -0.15) is 12.6 Å². The van der Waals surface area contributed by atoms with Crippen LogP contribution in [-0.2, 0) is 0 Å². The number of carbonyl (C=O) groups is 1. The van der Waals surface area contributed by atoms with E-state index in [1.165, 1.54) is 12.8 Å². The van der Waals surface area contributed by atoms with Gasteiger partial charge in [-0.3, -0.25) is 0 Å². The van der Waals surface area contributed by atoms with Crippen LogP contribution >= 0.6 is 12.6 Å². The van der Waals surface area contributed by atoms with Crippen molar-refractivity contribution in [2.45, 2.75) is 77.0 Å². The van der Waals surface area contributed by atoms with E-state index >= 15 is 0 Å². The Kier molecular flexibility index (Phi) is 7.11. The lowest BCUT2D eigenvalue weighted by molar-refractivity contribution is 0.178. The molecule has 4 heteroatoms. The molecular weight excluding hydrogens is 246 g/mol. The Balaban J connectivity index is 4.24. The van der Waals surface area contributed by atoms with E-state index in [0.717, 1.165) is 25.2 Å². The van der Waals surface area contributed by atoms with Gasteiger partial charge < -0.3 is 10.4 Å². The molecule has 0 rings (SSSR count). The standard InChI is InChI=1S/C14H29NO2S/c1-6-7-11(2)8-9-14(5,18)10-13(3,4)15-12(16)17/h11,15,18H,6-10H2,1-5H3,(H,16,17). The number of rotatable bonds is 8. The lowest BCUT2D eigenvalue weighted by Gasteiger charge is -2.34. The topological polar surface area (TPSA) is 49.3 Å². The van der Waals surface area contributed by atoms with E-state index in [0.29, 0.717) is 0 Å². The third-order valence-electron chi connectivity index (χ3n) is 3.23. The maximum absolute atomic E-state index is 10.7. The molecule has 0 heterocycles. The summed E-state index contributed by atoms with van der Waals surface area (Å²) >= 11 is 4.71. The van der Waals surface area contributed by atoms with Crippen molar-refractivity contribution in [1.82, 2.24) is 5.32 Å². The van der Waals surface area contributed by atoms with Crippen LogP contribution in [-0.4, -0.2) is 21.5 Å². The van der Waals surface area contributed by atoms with Crippen molar-refractivity contribution in [1.29, 1.82) is 0 Å². The smallest absolute Gasteiger partial charge is 0.405 e. The first kappa shape index (κ1) is 17.6. The Labute approximate surface area is 117 Å². The normalized spacial score (nSPS) is 17.0. The molecule has 1 amide bonds. The molecule has 0 aliphatic heterocycles. The molecule has 0 aromatic carbocycles. The first-order valence-corrected chi connectivity index (χ1v) is 7.26. The predicted octanol–water partition coefficient (Wildman–Crippen LogP) is 4.33. The van der Waals surface area contributed by atoms with Crippen molar-refractivity contribution in [3.8, 4) is 0 Å². The van der Waals surface area contributed by atoms with Gasteiger partial charge in [-0.05, 0) is 39.0 Å². The fourth-order valence-electron chi connectivity index (χ4n) is 2.57. The molecule has 0 aromatic heterocycles. The zero-order valence-electron chi connectivity index (χ0n) is 12.4. The van der Waals surface area contributed by atoms with Crippen LogP contribution < -0.4 is 5.32 Å². The van der Waals surface area contributed by atoms with Crippen LogP contribution in [0.3, 0.4) is 0 Å². The van der Waals surface area contributed by atoms with E-state index in [1.807, 2.05) is 13.8 Å². The van der Waals surface area contributed by atoms with Gasteiger partial charge >= 0.3 is 6.09 Å². The minimum Gasteiger partial charge on any atom is -0.465 e. The summed E-state index contributed by atoms with van der Waals surface area (Å²) < 4.78 is -0.131. The van der Waals surface area contributed by atoms with Crippen LogP contribution in [0.15, 0.2) is 0 Å². The Morgan fingerprint density at radius 2 is 1.89 bits per heavy atom. The molecule has 0 fully saturated rings. The summed E-state index contributed by atoms with van der Waals surface area (Å²) in [6.45, 7) is 10.4. The number of nitrogens with one attached hydrogen (secondary N) is 1. The van der Waals surface area contributed by atoms with E-state index in [4.69, 9.17) is 17.7 Å². The van der Waals surface area contributed by atoms with Crippen molar-refractivity contribution in [2.24, 2.45) is 5.92 Å². The summed E-state index contributed by atoms with van der Waals surface area (Å²) in [5, 5.41) is 11.4. The number of hydrogen-bond acceptors (Lipinski definition) is 2. The molecule has 0 saturated carbocycles. The molecule has 2 atom stereocenters. The second-order valence-electron chi connectivity index (χ2n) is 6.42. The van der Waals surface area contributed by atoms with Crippen LogP contribution in [0.25, 0.3) is 0 Å². The summed E-state index contributed by atoms with van der Waals surface area (Å²) in [4.78, 5) is 10.7. The monoisotopic (exact) mass is 275 g/mol. The largest absolute Gasteiger partial charge is 0.465 e. The van der Waals surface area contributed by atoms with Gasteiger partial charge in [-0.15, -0.1) is 0 Å². The Morgan fingerprint density at radius 1 is 1.33 bits per heavy atom. The van der Waals surface area contributed by atoms with Crippen LogP contribution in [0, 0.1) is 5.92 Å². The van der Waals surface area contributed by atoms with Crippen molar-refractivity contribution in [3.05, 3.63) is 0 Å². The number of carboxylic acid groups (broad SMARTS) is 1. The summed E-state index contributed by atoms with van der Waals surface area (Å²) in [6.07, 6.45) is 4.40. The van der Waals surface area contributed by atoms with Gasteiger partial charge in [-0.25, -0.2) is 4.79 Å². The van der Waals surface area contributed by atoms with Gasteiger partial charge in [-0.1, -0.05) is 33.6 Å². The van der Waals surface area contributed by atoms with Crippen LogP contribution in [0.4, 0.5) is 4.79 Å². The highest BCUT2D eigenvalue weighted by Gasteiger charge is 2.30. The quantitative estimate of drug-likeness (QED) is 0.578. The fraction of sp³-hybridized carbons (Fsp3) is 0.929. The van der Waals surface area contributed by atoms with Crippen LogP contribution in [0.1, 0.15) is 66.7 Å². The molecule has 0 aliphatic rings. The van der Waals surface area contributed by atoms with Gasteiger partial charge in [0, 0.05) is 10.3 Å². The van der Waals surface area contributed by atoms with Crippen molar-refractivity contribution < 1.29 is 9.90 Å². The van der Waals surface area contributed by atoms with Crippen LogP contribution in [0.2, 0.25) is 0 Å². The molecule has 0 saturated heterocycles. The Bertz CT molecular complexity index is 265. The van der Waals surface area contributed by atoms with E-state index < -0.39 is 11.6 Å². The maximum atomic E-state index is 10.7. The molecule has 0 aliphatic carbocycles. The number of amides is 1. The first-order chi connectivity index (χ1) is 8.08. The van der Waals surface area contributed by atoms with E-state index in [-0.39, 0.29) is 4.75 Å². The SMILES string of the molecule is CCCC(C)CCC(C)(S)CC(C)(C)NC(=O)O. The van der Waals surface area contributed by atoms with E-state index in [1.54, 1.807) is 0 Å².